The van der Waals surface area contributed by atoms with Crippen LogP contribution in [0.15, 0.2) is 72.5 Å². The molecule has 0 amide bonds. The molecule has 0 bridgehead atoms. The Morgan fingerprint density at radius 2 is 1.68 bits per heavy atom. The maximum absolute atomic E-state index is 4.42. The first-order valence-corrected chi connectivity index (χ1v) is 5.94. The monoisotopic (exact) mass is 248 g/mol. The van der Waals surface area contributed by atoms with Crippen LogP contribution in [0.5, 0.6) is 0 Å². The maximum Gasteiger partial charge on any atom is 0.0991 e. The van der Waals surface area contributed by atoms with Crippen molar-refractivity contribution in [1.29, 1.82) is 0 Å². The van der Waals surface area contributed by atoms with E-state index in [0.29, 0.717) is 0 Å². The number of benzene rings is 1. The van der Waals surface area contributed by atoms with Gasteiger partial charge in [0, 0.05) is 36.7 Å². The smallest absolute Gasteiger partial charge is 0.0991 e. The first-order valence-electron chi connectivity index (χ1n) is 5.94. The molecule has 0 saturated heterocycles. The van der Waals surface area contributed by atoms with Crippen molar-refractivity contribution < 1.29 is 0 Å². The van der Waals surface area contributed by atoms with Gasteiger partial charge in [0.2, 0.25) is 0 Å². The van der Waals surface area contributed by atoms with Crippen LogP contribution in [0.2, 0.25) is 0 Å². The Hall–Kier alpha value is -2.75. The van der Waals surface area contributed by atoms with Gasteiger partial charge in [-0.25, -0.2) is 4.98 Å². The molecule has 2 heterocycles. The Morgan fingerprint density at radius 1 is 0.895 bits per heavy atom. The van der Waals surface area contributed by atoms with Crippen LogP contribution in [0.1, 0.15) is 5.56 Å². The predicted molar refractivity (Wildman–Crippen MR) is 75.1 cm³/mol. The number of imidazole rings is 1. The van der Waals surface area contributed by atoms with E-state index in [1.165, 1.54) is 0 Å². The summed E-state index contributed by atoms with van der Waals surface area (Å²) in [5, 5.41) is 0. The highest BCUT2D eigenvalue weighted by Gasteiger charge is 1.95. The van der Waals surface area contributed by atoms with Gasteiger partial charge < -0.3 is 4.57 Å². The summed E-state index contributed by atoms with van der Waals surface area (Å²) in [6, 6.07) is 11.8. The molecule has 19 heavy (non-hydrogen) atoms. The second-order valence-electron chi connectivity index (χ2n) is 4.03. The third kappa shape index (κ3) is 2.74. The highest BCUT2D eigenvalue weighted by atomic mass is 15.0. The minimum absolute atomic E-state index is 0.917. The summed E-state index contributed by atoms with van der Waals surface area (Å²) in [5.41, 5.74) is 3.02. The van der Waals surface area contributed by atoms with E-state index in [1.807, 2.05) is 53.4 Å². The fourth-order valence-electron chi connectivity index (χ4n) is 1.72. The third-order valence-corrected chi connectivity index (χ3v) is 2.72. The quantitative estimate of drug-likeness (QED) is 0.669. The molecule has 1 aromatic carbocycles. The lowest BCUT2D eigenvalue weighted by atomic mass is 10.2. The van der Waals surface area contributed by atoms with Crippen molar-refractivity contribution in [2.75, 3.05) is 0 Å². The summed E-state index contributed by atoms with van der Waals surface area (Å²) < 4.78 is 1.95. The lowest BCUT2D eigenvalue weighted by Gasteiger charge is -2.01. The largest absolute Gasteiger partial charge is 0.306 e. The maximum atomic E-state index is 4.42. The molecule has 4 nitrogen and oxygen atoms in total. The second kappa shape index (κ2) is 5.27. The molecule has 0 saturated carbocycles. The van der Waals surface area contributed by atoms with Crippen LogP contribution in [0.3, 0.4) is 0 Å². The number of rotatable bonds is 3. The van der Waals surface area contributed by atoms with Crippen LogP contribution in [-0.4, -0.2) is 20.7 Å². The molecule has 0 aliphatic carbocycles. The molecule has 0 unspecified atom stereocenters. The van der Waals surface area contributed by atoms with Crippen LogP contribution in [0.25, 0.3) is 5.69 Å². The number of hydrogen-bond donors (Lipinski definition) is 0. The van der Waals surface area contributed by atoms with Crippen molar-refractivity contribution in [1.82, 2.24) is 14.5 Å². The number of aliphatic imine (C=N–C) groups is 1. The minimum atomic E-state index is 0.917. The van der Waals surface area contributed by atoms with Gasteiger partial charge in [0.05, 0.1) is 12.0 Å². The van der Waals surface area contributed by atoms with Crippen LogP contribution < -0.4 is 0 Å². The molecular formula is C15H12N4. The van der Waals surface area contributed by atoms with Crippen molar-refractivity contribution in [3.63, 3.8) is 0 Å². The van der Waals surface area contributed by atoms with E-state index >= 15 is 0 Å². The number of hydrogen-bond acceptors (Lipinski definition) is 3. The molecule has 4 heteroatoms. The average Bonchev–Trinajstić information content (AvgIpc) is 3.01. The standard InChI is InChI=1S/C15H12N4/c1-3-15(19-10-9-17-12-19)4-2-14(1)18-11-13-5-7-16-8-6-13/h1-12H/b18-11+. The average molecular weight is 248 g/mol. The van der Waals surface area contributed by atoms with Crippen molar-refractivity contribution in [3.05, 3.63) is 73.1 Å². The van der Waals surface area contributed by atoms with E-state index in [9.17, 15) is 0 Å². The fraction of sp³-hybridized carbons (Fsp3) is 0. The molecule has 2 aromatic heterocycles. The predicted octanol–water partition coefficient (Wildman–Crippen LogP) is 3.02. The number of aromatic nitrogens is 3. The lowest BCUT2D eigenvalue weighted by molar-refractivity contribution is 1.06. The highest BCUT2D eigenvalue weighted by molar-refractivity contribution is 5.81. The molecule has 0 spiro atoms. The Kier molecular flexibility index (Phi) is 3.14. The molecule has 0 atom stereocenters. The Bertz CT molecular complexity index is 655. The third-order valence-electron chi connectivity index (χ3n) is 2.72. The molecule has 3 rings (SSSR count). The van der Waals surface area contributed by atoms with Crippen molar-refractivity contribution in [2.45, 2.75) is 0 Å². The summed E-state index contributed by atoms with van der Waals surface area (Å²) in [6.45, 7) is 0. The lowest BCUT2D eigenvalue weighted by Crippen LogP contribution is -1.88. The van der Waals surface area contributed by atoms with E-state index in [2.05, 4.69) is 15.0 Å². The first-order chi connectivity index (χ1) is 9.42. The van der Waals surface area contributed by atoms with Gasteiger partial charge in [-0.15, -0.1) is 0 Å². The molecule has 0 fully saturated rings. The minimum Gasteiger partial charge on any atom is -0.306 e. The molecule has 92 valence electrons. The molecule has 0 aliphatic heterocycles. The fourth-order valence-corrected chi connectivity index (χ4v) is 1.72. The summed E-state index contributed by atoms with van der Waals surface area (Å²) in [7, 11) is 0. The van der Waals surface area contributed by atoms with Gasteiger partial charge in [0.25, 0.3) is 0 Å². The normalized spacial score (nSPS) is 10.9. The van der Waals surface area contributed by atoms with Crippen molar-refractivity contribution in [3.8, 4) is 5.69 Å². The summed E-state index contributed by atoms with van der Waals surface area (Å²) in [4.78, 5) is 12.4. The van der Waals surface area contributed by atoms with Gasteiger partial charge in [-0.2, -0.15) is 0 Å². The van der Waals surface area contributed by atoms with Gasteiger partial charge in [-0.3, -0.25) is 9.98 Å². The zero-order valence-electron chi connectivity index (χ0n) is 10.2. The van der Waals surface area contributed by atoms with Gasteiger partial charge in [-0.1, -0.05) is 0 Å². The molecule has 0 aliphatic rings. The molecule has 0 N–H and O–H groups in total. The molecular weight excluding hydrogens is 236 g/mol. The highest BCUT2D eigenvalue weighted by Crippen LogP contribution is 2.15. The van der Waals surface area contributed by atoms with Crippen LogP contribution in [0, 0.1) is 0 Å². The Balaban J connectivity index is 1.78. The summed E-state index contributed by atoms with van der Waals surface area (Å²) in [5.74, 6) is 0. The second-order valence-corrected chi connectivity index (χ2v) is 4.03. The van der Waals surface area contributed by atoms with Crippen molar-refractivity contribution >= 4 is 11.9 Å². The van der Waals surface area contributed by atoms with Gasteiger partial charge in [0.1, 0.15) is 0 Å². The Labute approximate surface area is 111 Å². The van der Waals surface area contributed by atoms with Gasteiger partial charge in [-0.05, 0) is 42.0 Å². The molecule has 3 aromatic rings. The van der Waals surface area contributed by atoms with Gasteiger partial charge in [0.15, 0.2) is 0 Å². The van der Waals surface area contributed by atoms with Crippen LogP contribution in [-0.2, 0) is 0 Å². The van der Waals surface area contributed by atoms with E-state index in [1.54, 1.807) is 24.9 Å². The first kappa shape index (κ1) is 11.3. The zero-order chi connectivity index (χ0) is 12.9. The summed E-state index contributed by atoms with van der Waals surface area (Å²) in [6.07, 6.45) is 10.8. The van der Waals surface area contributed by atoms with Crippen molar-refractivity contribution in [2.24, 2.45) is 4.99 Å². The van der Waals surface area contributed by atoms with E-state index in [4.69, 9.17) is 0 Å². The van der Waals surface area contributed by atoms with E-state index in [0.717, 1.165) is 16.9 Å². The SMILES string of the molecule is C(=N\c1ccc(-n2ccnc2)cc1)/c1ccncc1. The zero-order valence-corrected chi connectivity index (χ0v) is 10.2. The van der Waals surface area contributed by atoms with Crippen LogP contribution >= 0.6 is 0 Å². The van der Waals surface area contributed by atoms with E-state index in [-0.39, 0.29) is 0 Å². The number of nitrogens with zero attached hydrogens (tertiary/aromatic N) is 4. The summed E-state index contributed by atoms with van der Waals surface area (Å²) >= 11 is 0. The van der Waals surface area contributed by atoms with Crippen LogP contribution in [0.4, 0.5) is 5.69 Å². The Morgan fingerprint density at radius 3 is 2.37 bits per heavy atom. The number of pyridine rings is 1. The van der Waals surface area contributed by atoms with Gasteiger partial charge >= 0.3 is 0 Å². The molecule has 0 radical (unpaired) electrons. The van der Waals surface area contributed by atoms with E-state index < -0.39 is 0 Å². The topological polar surface area (TPSA) is 43.1 Å².